The van der Waals surface area contributed by atoms with Crippen molar-refractivity contribution in [3.63, 3.8) is 0 Å². The number of nitrogens with zero attached hydrogens (tertiary/aromatic N) is 2. The molecule has 5 nitrogen and oxygen atoms in total. The number of amides is 2. The average Bonchev–Trinajstić information content (AvgIpc) is 3.16. The molecule has 1 saturated heterocycles. The molecule has 26 heavy (non-hydrogen) atoms. The van der Waals surface area contributed by atoms with Crippen LogP contribution in [0, 0.1) is 0 Å². The number of hydrogen-bond donors (Lipinski definition) is 2. The van der Waals surface area contributed by atoms with Crippen molar-refractivity contribution in [2.75, 3.05) is 50.1 Å². The fourth-order valence-electron chi connectivity index (χ4n) is 4.08. The topological polar surface area (TPSA) is 47.6 Å². The predicted octanol–water partition coefficient (Wildman–Crippen LogP) is 2.91. The van der Waals surface area contributed by atoms with Crippen LogP contribution in [0.2, 0.25) is 0 Å². The van der Waals surface area contributed by atoms with Gasteiger partial charge in [-0.3, -0.25) is 4.90 Å². The maximum Gasteiger partial charge on any atom is 0.315 e. The van der Waals surface area contributed by atoms with E-state index in [-0.39, 0.29) is 11.6 Å². The monoisotopic (exact) mass is 376 g/mol. The van der Waals surface area contributed by atoms with E-state index in [1.165, 1.54) is 42.9 Å². The minimum absolute atomic E-state index is 0.0562. The number of urea groups is 1. The summed E-state index contributed by atoms with van der Waals surface area (Å²) in [6.07, 6.45) is 4.99. The lowest BCUT2D eigenvalue weighted by Gasteiger charge is -2.43. The molecule has 0 aromatic heterocycles. The normalized spacial score (nSPS) is 19.9. The molecule has 3 rings (SSSR count). The summed E-state index contributed by atoms with van der Waals surface area (Å²) in [7, 11) is 4.06. The van der Waals surface area contributed by atoms with Gasteiger partial charge >= 0.3 is 6.03 Å². The van der Waals surface area contributed by atoms with Crippen LogP contribution >= 0.6 is 11.8 Å². The van der Waals surface area contributed by atoms with Crippen LogP contribution in [-0.4, -0.2) is 61.7 Å². The first kappa shape index (κ1) is 19.4. The molecule has 1 heterocycles. The SMILES string of the molecule is CN(C)c1ccc(CNC(=O)NCC2(N3CCSCC3)CCCC2)cc1. The zero-order valence-corrected chi connectivity index (χ0v) is 16.9. The Kier molecular flexibility index (Phi) is 6.70. The largest absolute Gasteiger partial charge is 0.378 e. The molecule has 1 aromatic rings. The van der Waals surface area contributed by atoms with Gasteiger partial charge in [-0.25, -0.2) is 4.79 Å². The summed E-state index contributed by atoms with van der Waals surface area (Å²) in [4.78, 5) is 17.0. The molecule has 0 spiro atoms. The van der Waals surface area contributed by atoms with Crippen LogP contribution in [0.25, 0.3) is 0 Å². The van der Waals surface area contributed by atoms with Crippen molar-refractivity contribution in [2.24, 2.45) is 0 Å². The molecular formula is C20H32N4OS. The van der Waals surface area contributed by atoms with Crippen LogP contribution in [0.5, 0.6) is 0 Å². The van der Waals surface area contributed by atoms with Crippen molar-refractivity contribution >= 4 is 23.5 Å². The smallest absolute Gasteiger partial charge is 0.315 e. The zero-order chi connectivity index (χ0) is 18.4. The van der Waals surface area contributed by atoms with Gasteiger partial charge in [0.15, 0.2) is 0 Å². The summed E-state index contributed by atoms with van der Waals surface area (Å²) < 4.78 is 0. The first-order chi connectivity index (χ1) is 12.6. The highest BCUT2D eigenvalue weighted by atomic mass is 32.2. The van der Waals surface area contributed by atoms with Crippen molar-refractivity contribution < 1.29 is 4.79 Å². The maximum absolute atomic E-state index is 12.3. The van der Waals surface area contributed by atoms with Gasteiger partial charge in [-0.1, -0.05) is 25.0 Å². The minimum atomic E-state index is -0.0562. The number of carbonyl (C=O) groups excluding carboxylic acids is 1. The molecular weight excluding hydrogens is 344 g/mol. The van der Waals surface area contributed by atoms with E-state index in [1.807, 2.05) is 25.9 Å². The third-order valence-electron chi connectivity index (χ3n) is 5.70. The van der Waals surface area contributed by atoms with Crippen LogP contribution in [0.3, 0.4) is 0 Å². The first-order valence-electron chi connectivity index (χ1n) is 9.70. The van der Waals surface area contributed by atoms with E-state index in [1.54, 1.807) is 0 Å². The molecule has 1 saturated carbocycles. The molecule has 0 atom stereocenters. The molecule has 1 aliphatic carbocycles. The van der Waals surface area contributed by atoms with Crippen molar-refractivity contribution in [3.8, 4) is 0 Å². The highest BCUT2D eigenvalue weighted by Gasteiger charge is 2.40. The highest BCUT2D eigenvalue weighted by molar-refractivity contribution is 7.99. The van der Waals surface area contributed by atoms with Gasteiger partial charge in [0.2, 0.25) is 0 Å². The van der Waals surface area contributed by atoms with Crippen molar-refractivity contribution in [3.05, 3.63) is 29.8 Å². The van der Waals surface area contributed by atoms with Gasteiger partial charge < -0.3 is 15.5 Å². The van der Waals surface area contributed by atoms with Gasteiger partial charge in [0.05, 0.1) is 0 Å². The number of rotatable bonds is 6. The Balaban J connectivity index is 1.47. The van der Waals surface area contributed by atoms with Crippen molar-refractivity contribution in [2.45, 2.75) is 37.8 Å². The van der Waals surface area contributed by atoms with Crippen LogP contribution < -0.4 is 15.5 Å². The zero-order valence-electron chi connectivity index (χ0n) is 16.1. The Hall–Kier alpha value is -1.40. The molecule has 2 N–H and O–H groups in total. The second kappa shape index (κ2) is 9.00. The molecule has 2 aliphatic rings. The van der Waals surface area contributed by atoms with Crippen LogP contribution in [-0.2, 0) is 6.54 Å². The van der Waals surface area contributed by atoms with E-state index in [0.717, 1.165) is 25.2 Å². The standard InChI is InChI=1S/C20H32N4OS/c1-23(2)18-7-5-17(6-8-18)15-21-19(25)22-16-20(9-3-4-10-20)24-11-13-26-14-12-24/h5-8H,3-4,9-16H2,1-2H3,(H2,21,22,25). The molecule has 144 valence electrons. The number of carbonyl (C=O) groups is 1. The molecule has 2 amide bonds. The molecule has 0 radical (unpaired) electrons. The minimum Gasteiger partial charge on any atom is -0.378 e. The van der Waals surface area contributed by atoms with Gasteiger partial charge in [0.1, 0.15) is 0 Å². The summed E-state index contributed by atoms with van der Waals surface area (Å²) >= 11 is 2.04. The summed E-state index contributed by atoms with van der Waals surface area (Å²) in [5, 5.41) is 6.16. The van der Waals surface area contributed by atoms with Gasteiger partial charge in [-0.2, -0.15) is 11.8 Å². The van der Waals surface area contributed by atoms with Crippen molar-refractivity contribution in [1.82, 2.24) is 15.5 Å². The Morgan fingerprint density at radius 2 is 1.77 bits per heavy atom. The quantitative estimate of drug-likeness (QED) is 0.801. The molecule has 1 aromatic carbocycles. The fourth-order valence-corrected chi connectivity index (χ4v) is 4.98. The van der Waals surface area contributed by atoms with Gasteiger partial charge in [-0.15, -0.1) is 0 Å². The van der Waals surface area contributed by atoms with Gasteiger partial charge in [0.25, 0.3) is 0 Å². The number of nitrogens with one attached hydrogen (secondary N) is 2. The maximum atomic E-state index is 12.3. The molecule has 1 aliphatic heterocycles. The molecule has 0 bridgehead atoms. The van der Waals surface area contributed by atoms with Crippen molar-refractivity contribution in [1.29, 1.82) is 0 Å². The van der Waals surface area contributed by atoms with Crippen LogP contribution in [0.1, 0.15) is 31.2 Å². The number of thioether (sulfide) groups is 1. The van der Waals surface area contributed by atoms with E-state index >= 15 is 0 Å². The Morgan fingerprint density at radius 1 is 1.12 bits per heavy atom. The third-order valence-corrected chi connectivity index (χ3v) is 6.64. The summed E-state index contributed by atoms with van der Waals surface area (Å²) in [6, 6.07) is 8.24. The fraction of sp³-hybridized carbons (Fsp3) is 0.650. The third kappa shape index (κ3) is 4.86. The highest BCUT2D eigenvalue weighted by Crippen LogP contribution is 2.36. The lowest BCUT2D eigenvalue weighted by molar-refractivity contribution is 0.104. The van der Waals surface area contributed by atoms with E-state index in [4.69, 9.17) is 0 Å². The molecule has 0 unspecified atom stereocenters. The van der Waals surface area contributed by atoms with E-state index in [9.17, 15) is 4.79 Å². The van der Waals surface area contributed by atoms with Gasteiger partial charge in [-0.05, 0) is 30.5 Å². The summed E-state index contributed by atoms with van der Waals surface area (Å²) in [5.74, 6) is 2.44. The lowest BCUT2D eigenvalue weighted by Crippen LogP contribution is -2.57. The second-order valence-electron chi connectivity index (χ2n) is 7.63. The predicted molar refractivity (Wildman–Crippen MR) is 111 cm³/mol. The summed E-state index contributed by atoms with van der Waals surface area (Å²) in [5.41, 5.74) is 2.47. The Bertz CT molecular complexity index is 578. The Labute approximate surface area is 161 Å². The summed E-state index contributed by atoms with van der Waals surface area (Å²) in [6.45, 7) is 3.65. The second-order valence-corrected chi connectivity index (χ2v) is 8.85. The average molecular weight is 377 g/mol. The molecule has 6 heteroatoms. The van der Waals surface area contributed by atoms with E-state index < -0.39 is 0 Å². The Morgan fingerprint density at radius 3 is 2.38 bits per heavy atom. The van der Waals surface area contributed by atoms with Gasteiger partial charge in [0, 0.05) is 63.0 Å². The van der Waals surface area contributed by atoms with E-state index in [0.29, 0.717) is 6.54 Å². The van der Waals surface area contributed by atoms with Crippen LogP contribution in [0.4, 0.5) is 10.5 Å². The van der Waals surface area contributed by atoms with Crippen LogP contribution in [0.15, 0.2) is 24.3 Å². The molecule has 2 fully saturated rings. The number of benzene rings is 1. The first-order valence-corrected chi connectivity index (χ1v) is 10.9. The number of anilines is 1. The van der Waals surface area contributed by atoms with E-state index in [2.05, 4.69) is 44.7 Å². The lowest BCUT2D eigenvalue weighted by atomic mass is 9.94. The number of hydrogen-bond acceptors (Lipinski definition) is 4.